The minimum atomic E-state index is 0.514. The molecule has 1 aromatic rings. The highest BCUT2D eigenvalue weighted by Gasteiger charge is 2.29. The summed E-state index contributed by atoms with van der Waals surface area (Å²) in [5.74, 6) is 0.575. The number of fused-ring (bicyclic) bond motifs is 1. The van der Waals surface area contributed by atoms with Gasteiger partial charge >= 0.3 is 0 Å². The predicted molar refractivity (Wildman–Crippen MR) is 68.4 cm³/mol. The molecule has 0 amide bonds. The molecule has 0 fully saturated rings. The molecule has 1 heterocycles. The lowest BCUT2D eigenvalue weighted by Crippen LogP contribution is -2.38. The molecule has 1 aliphatic heterocycles. The lowest BCUT2D eigenvalue weighted by Gasteiger charge is -2.39. The molecule has 2 atom stereocenters. The van der Waals surface area contributed by atoms with Crippen molar-refractivity contribution in [1.29, 1.82) is 0 Å². The minimum absolute atomic E-state index is 0.514. The molecule has 88 valence electrons. The van der Waals surface area contributed by atoms with Crippen LogP contribution in [0.15, 0.2) is 24.3 Å². The second kappa shape index (κ2) is 4.98. The van der Waals surface area contributed by atoms with Gasteiger partial charge in [0.1, 0.15) is 0 Å². The third kappa shape index (κ3) is 2.00. The van der Waals surface area contributed by atoms with E-state index >= 15 is 0 Å². The maximum Gasteiger partial charge on any atom is 0.0388 e. The normalized spacial score (nSPS) is 22.8. The van der Waals surface area contributed by atoms with Crippen molar-refractivity contribution in [3.63, 3.8) is 0 Å². The molecule has 16 heavy (non-hydrogen) atoms. The van der Waals surface area contributed by atoms with Gasteiger partial charge in [-0.2, -0.15) is 0 Å². The van der Waals surface area contributed by atoms with E-state index < -0.39 is 0 Å². The lowest BCUT2D eigenvalue weighted by molar-refractivity contribution is 0.163. The molecule has 2 unspecified atom stereocenters. The molecule has 0 bridgehead atoms. The van der Waals surface area contributed by atoms with Gasteiger partial charge in [-0.1, -0.05) is 37.6 Å². The summed E-state index contributed by atoms with van der Waals surface area (Å²) < 4.78 is 0. The van der Waals surface area contributed by atoms with E-state index in [1.807, 2.05) is 0 Å². The van der Waals surface area contributed by atoms with Crippen LogP contribution in [0.2, 0.25) is 0 Å². The largest absolute Gasteiger partial charge is 0.330 e. The van der Waals surface area contributed by atoms with Crippen molar-refractivity contribution < 1.29 is 0 Å². The average Bonchev–Trinajstić information content (AvgIpc) is 2.33. The molecule has 0 aliphatic carbocycles. The van der Waals surface area contributed by atoms with E-state index in [4.69, 9.17) is 5.73 Å². The molecule has 2 nitrogen and oxygen atoms in total. The van der Waals surface area contributed by atoms with E-state index in [0.717, 1.165) is 19.5 Å². The molecule has 0 saturated carbocycles. The number of nitrogens with two attached hydrogens (primary N) is 1. The van der Waals surface area contributed by atoms with Crippen LogP contribution in [0.1, 0.15) is 30.5 Å². The van der Waals surface area contributed by atoms with Crippen molar-refractivity contribution in [1.82, 2.24) is 4.90 Å². The summed E-state index contributed by atoms with van der Waals surface area (Å²) in [6.07, 6.45) is 2.32. The summed E-state index contributed by atoms with van der Waals surface area (Å²) in [5.41, 5.74) is 8.91. The summed E-state index contributed by atoms with van der Waals surface area (Å²) in [6.45, 7) is 4.17. The zero-order valence-electron chi connectivity index (χ0n) is 10.3. The molecular formula is C14H22N2. The molecule has 0 aromatic heterocycles. The Kier molecular flexibility index (Phi) is 3.62. The third-order valence-corrected chi connectivity index (χ3v) is 3.86. The SMILES string of the molecule is CCC(CN)C1c2ccccc2CCN1C. The van der Waals surface area contributed by atoms with Gasteiger partial charge in [-0.25, -0.2) is 0 Å². The second-order valence-corrected chi connectivity index (χ2v) is 4.78. The van der Waals surface area contributed by atoms with Gasteiger partial charge < -0.3 is 5.73 Å². The van der Waals surface area contributed by atoms with Gasteiger partial charge in [0.25, 0.3) is 0 Å². The van der Waals surface area contributed by atoms with Crippen molar-refractivity contribution in [2.45, 2.75) is 25.8 Å². The summed E-state index contributed by atoms with van der Waals surface area (Å²) in [5, 5.41) is 0. The van der Waals surface area contributed by atoms with Crippen LogP contribution in [-0.2, 0) is 6.42 Å². The first-order valence-corrected chi connectivity index (χ1v) is 6.26. The van der Waals surface area contributed by atoms with Gasteiger partial charge in [-0.05, 0) is 37.1 Å². The average molecular weight is 218 g/mol. The highest BCUT2D eigenvalue weighted by Crippen LogP contribution is 2.35. The van der Waals surface area contributed by atoms with Crippen LogP contribution in [0.5, 0.6) is 0 Å². The molecule has 2 heteroatoms. The van der Waals surface area contributed by atoms with E-state index in [2.05, 4.69) is 43.1 Å². The quantitative estimate of drug-likeness (QED) is 0.842. The summed E-state index contributed by atoms with van der Waals surface area (Å²) in [7, 11) is 2.22. The Hall–Kier alpha value is -0.860. The first kappa shape index (κ1) is 11.6. The van der Waals surface area contributed by atoms with Crippen LogP contribution in [-0.4, -0.2) is 25.0 Å². The zero-order valence-corrected chi connectivity index (χ0v) is 10.3. The number of hydrogen-bond acceptors (Lipinski definition) is 2. The van der Waals surface area contributed by atoms with Gasteiger partial charge in [0, 0.05) is 12.6 Å². The Morgan fingerprint density at radius 3 is 2.88 bits per heavy atom. The van der Waals surface area contributed by atoms with Gasteiger partial charge in [-0.15, -0.1) is 0 Å². The lowest BCUT2D eigenvalue weighted by atomic mass is 9.84. The Balaban J connectivity index is 2.36. The number of hydrogen-bond donors (Lipinski definition) is 1. The first-order valence-electron chi connectivity index (χ1n) is 6.26. The highest BCUT2D eigenvalue weighted by molar-refractivity contribution is 5.33. The van der Waals surface area contributed by atoms with Gasteiger partial charge in [-0.3, -0.25) is 4.90 Å². The van der Waals surface area contributed by atoms with E-state index in [-0.39, 0.29) is 0 Å². The molecule has 2 rings (SSSR count). The minimum Gasteiger partial charge on any atom is -0.330 e. The number of nitrogens with zero attached hydrogens (tertiary/aromatic N) is 1. The van der Waals surface area contributed by atoms with Crippen LogP contribution in [0.3, 0.4) is 0 Å². The van der Waals surface area contributed by atoms with E-state index in [9.17, 15) is 0 Å². The van der Waals surface area contributed by atoms with Crippen molar-refractivity contribution in [2.24, 2.45) is 11.7 Å². The monoisotopic (exact) mass is 218 g/mol. The van der Waals surface area contributed by atoms with E-state index in [0.29, 0.717) is 12.0 Å². The maximum atomic E-state index is 5.91. The molecular weight excluding hydrogens is 196 g/mol. The Morgan fingerprint density at radius 2 is 2.19 bits per heavy atom. The number of benzene rings is 1. The van der Waals surface area contributed by atoms with E-state index in [1.54, 1.807) is 0 Å². The van der Waals surface area contributed by atoms with Gasteiger partial charge in [0.05, 0.1) is 0 Å². The molecule has 0 saturated heterocycles. The second-order valence-electron chi connectivity index (χ2n) is 4.78. The Morgan fingerprint density at radius 1 is 1.44 bits per heavy atom. The summed E-state index contributed by atoms with van der Waals surface area (Å²) >= 11 is 0. The van der Waals surface area contributed by atoms with Crippen LogP contribution in [0.4, 0.5) is 0 Å². The predicted octanol–water partition coefficient (Wildman–Crippen LogP) is 2.20. The summed E-state index contributed by atoms with van der Waals surface area (Å²) in [4.78, 5) is 2.46. The topological polar surface area (TPSA) is 29.3 Å². The standard InChI is InChI=1S/C14H22N2/c1-3-11(10-15)14-13-7-5-4-6-12(13)8-9-16(14)2/h4-7,11,14H,3,8-10,15H2,1-2H3. The molecule has 1 aliphatic rings. The molecule has 2 N–H and O–H groups in total. The van der Waals surface area contributed by atoms with E-state index in [1.165, 1.54) is 17.5 Å². The third-order valence-electron chi connectivity index (χ3n) is 3.86. The molecule has 0 spiro atoms. The fourth-order valence-electron chi connectivity index (χ4n) is 2.86. The smallest absolute Gasteiger partial charge is 0.0388 e. The molecule has 1 aromatic carbocycles. The highest BCUT2D eigenvalue weighted by atomic mass is 15.1. The zero-order chi connectivity index (χ0) is 11.5. The first-order chi connectivity index (χ1) is 7.77. The van der Waals surface area contributed by atoms with Crippen molar-refractivity contribution in [2.75, 3.05) is 20.1 Å². The fraction of sp³-hybridized carbons (Fsp3) is 0.571. The fourth-order valence-corrected chi connectivity index (χ4v) is 2.86. The van der Waals surface area contributed by atoms with Crippen LogP contribution in [0, 0.1) is 5.92 Å². The number of rotatable bonds is 3. The Labute approximate surface area is 98.4 Å². The van der Waals surface area contributed by atoms with Gasteiger partial charge in [0.15, 0.2) is 0 Å². The van der Waals surface area contributed by atoms with Crippen LogP contribution < -0.4 is 5.73 Å². The van der Waals surface area contributed by atoms with Crippen molar-refractivity contribution in [3.05, 3.63) is 35.4 Å². The summed E-state index contributed by atoms with van der Waals surface area (Å²) in [6, 6.07) is 9.34. The van der Waals surface area contributed by atoms with Crippen LogP contribution >= 0.6 is 0 Å². The van der Waals surface area contributed by atoms with Crippen molar-refractivity contribution >= 4 is 0 Å². The van der Waals surface area contributed by atoms with Crippen LogP contribution in [0.25, 0.3) is 0 Å². The van der Waals surface area contributed by atoms with Gasteiger partial charge in [0.2, 0.25) is 0 Å². The number of likely N-dealkylation sites (N-methyl/N-ethyl adjacent to an activating group) is 1. The molecule has 0 radical (unpaired) electrons. The maximum absolute atomic E-state index is 5.91. The van der Waals surface area contributed by atoms with Crippen molar-refractivity contribution in [3.8, 4) is 0 Å². The Bertz CT molecular complexity index is 344.